The van der Waals surface area contributed by atoms with Crippen molar-refractivity contribution in [2.75, 3.05) is 7.11 Å². The normalized spacial score (nSPS) is 43.4. The molecule has 0 heterocycles. The number of fused-ring (bicyclic) bond motifs is 7. The van der Waals surface area contributed by atoms with Crippen LogP contribution in [0.5, 0.6) is 0 Å². The predicted molar refractivity (Wildman–Crippen MR) is 167 cm³/mol. The SMILES string of the molecule is COC(=O)[C@]12CCC(C)(C)CC1C1=CC[C@H]3[C@@]4(C)CC[C@H](OC(=O)c5ccccc5)C(C)(C)[C@H]4CC[C@@]3(C)[C@]1(C)CC2. The van der Waals surface area contributed by atoms with Gasteiger partial charge in [-0.1, -0.05) is 78.3 Å². The minimum absolute atomic E-state index is 0.0269. The monoisotopic (exact) mass is 574 g/mol. The second kappa shape index (κ2) is 9.70. The third-order valence-corrected chi connectivity index (χ3v) is 14.4. The first-order valence-corrected chi connectivity index (χ1v) is 16.7. The van der Waals surface area contributed by atoms with Gasteiger partial charge in [0.05, 0.1) is 18.1 Å². The van der Waals surface area contributed by atoms with Crippen LogP contribution in [0.4, 0.5) is 0 Å². The van der Waals surface area contributed by atoms with Crippen molar-refractivity contribution in [3.8, 4) is 0 Å². The van der Waals surface area contributed by atoms with Crippen molar-refractivity contribution in [2.45, 2.75) is 119 Å². The molecule has 0 bridgehead atoms. The summed E-state index contributed by atoms with van der Waals surface area (Å²) in [5, 5.41) is 0. The molecule has 1 unspecified atom stereocenters. The molecule has 4 nitrogen and oxygen atoms in total. The van der Waals surface area contributed by atoms with Gasteiger partial charge in [-0.3, -0.25) is 4.79 Å². The van der Waals surface area contributed by atoms with Crippen molar-refractivity contribution in [1.82, 2.24) is 0 Å². The van der Waals surface area contributed by atoms with Gasteiger partial charge in [-0.2, -0.15) is 0 Å². The number of esters is 2. The minimum atomic E-state index is -0.359. The summed E-state index contributed by atoms with van der Waals surface area (Å²) < 4.78 is 11.8. The van der Waals surface area contributed by atoms with Crippen molar-refractivity contribution in [1.29, 1.82) is 0 Å². The summed E-state index contributed by atoms with van der Waals surface area (Å²) in [6.07, 6.45) is 13.1. The molecule has 1 aromatic rings. The van der Waals surface area contributed by atoms with Gasteiger partial charge in [0.2, 0.25) is 0 Å². The molecule has 0 amide bonds. The Hall–Kier alpha value is -2.10. The summed E-state index contributed by atoms with van der Waals surface area (Å²) in [4.78, 5) is 26.6. The summed E-state index contributed by atoms with van der Waals surface area (Å²) in [6, 6.07) is 9.46. The van der Waals surface area contributed by atoms with Gasteiger partial charge in [-0.15, -0.1) is 0 Å². The fourth-order valence-electron chi connectivity index (χ4n) is 11.8. The van der Waals surface area contributed by atoms with Crippen molar-refractivity contribution in [2.24, 2.45) is 50.2 Å². The maximum Gasteiger partial charge on any atom is 0.338 e. The largest absolute Gasteiger partial charge is 0.469 e. The zero-order valence-corrected chi connectivity index (χ0v) is 27.5. The molecule has 0 N–H and O–H groups in total. The molecule has 42 heavy (non-hydrogen) atoms. The molecule has 4 saturated carbocycles. The van der Waals surface area contributed by atoms with Gasteiger partial charge >= 0.3 is 11.9 Å². The molecule has 4 heteroatoms. The van der Waals surface area contributed by atoms with Crippen molar-refractivity contribution >= 4 is 11.9 Å². The first kappa shape index (κ1) is 29.9. The molecule has 0 radical (unpaired) electrons. The molecule has 0 spiro atoms. The molecular weight excluding hydrogens is 520 g/mol. The quantitative estimate of drug-likeness (QED) is 0.267. The molecular formula is C38H54O4. The summed E-state index contributed by atoms with van der Waals surface area (Å²) in [5.41, 5.74) is 2.45. The van der Waals surface area contributed by atoms with Crippen LogP contribution in [0, 0.1) is 50.2 Å². The molecule has 1 aromatic carbocycles. The van der Waals surface area contributed by atoms with Gasteiger partial charge in [0.25, 0.3) is 0 Å². The lowest BCUT2D eigenvalue weighted by atomic mass is 9.33. The number of rotatable bonds is 3. The van der Waals surface area contributed by atoms with Gasteiger partial charge in [0.1, 0.15) is 6.10 Å². The Morgan fingerprint density at radius 1 is 0.810 bits per heavy atom. The van der Waals surface area contributed by atoms with Crippen LogP contribution in [-0.2, 0) is 14.3 Å². The van der Waals surface area contributed by atoms with E-state index < -0.39 is 0 Å². The van der Waals surface area contributed by atoms with E-state index in [9.17, 15) is 9.59 Å². The number of carbonyl (C=O) groups excluding carboxylic acids is 2. The molecule has 0 aliphatic heterocycles. The Bertz CT molecular complexity index is 1280. The highest BCUT2D eigenvalue weighted by Crippen LogP contribution is 2.76. The number of carbonyl (C=O) groups is 2. The van der Waals surface area contributed by atoms with E-state index in [-0.39, 0.29) is 56.5 Å². The zero-order chi connectivity index (χ0) is 30.3. The molecule has 8 atom stereocenters. The van der Waals surface area contributed by atoms with E-state index >= 15 is 0 Å². The maximum atomic E-state index is 13.5. The number of methoxy groups -OCH3 is 1. The lowest BCUT2D eigenvalue weighted by molar-refractivity contribution is -0.206. The van der Waals surface area contributed by atoms with Crippen LogP contribution in [0.2, 0.25) is 0 Å². The number of benzene rings is 1. The van der Waals surface area contributed by atoms with Gasteiger partial charge in [0, 0.05) is 5.41 Å². The average molecular weight is 575 g/mol. The van der Waals surface area contributed by atoms with Crippen molar-refractivity contribution in [3.63, 3.8) is 0 Å². The molecule has 230 valence electrons. The van der Waals surface area contributed by atoms with Crippen LogP contribution < -0.4 is 0 Å². The Labute approximate surface area is 254 Å². The molecule has 5 aliphatic carbocycles. The van der Waals surface area contributed by atoms with Gasteiger partial charge in [-0.05, 0) is 116 Å². The van der Waals surface area contributed by atoms with Crippen LogP contribution in [0.3, 0.4) is 0 Å². The smallest absolute Gasteiger partial charge is 0.338 e. The average Bonchev–Trinajstić information content (AvgIpc) is 2.94. The van der Waals surface area contributed by atoms with Crippen LogP contribution in [0.15, 0.2) is 42.0 Å². The molecule has 0 aromatic heterocycles. The third-order valence-electron chi connectivity index (χ3n) is 14.4. The lowest BCUT2D eigenvalue weighted by Crippen LogP contribution is -2.65. The van der Waals surface area contributed by atoms with Gasteiger partial charge in [0.15, 0.2) is 0 Å². The Morgan fingerprint density at radius 3 is 2.19 bits per heavy atom. The predicted octanol–water partition coefficient (Wildman–Crippen LogP) is 9.19. The van der Waals surface area contributed by atoms with Gasteiger partial charge < -0.3 is 9.47 Å². The summed E-state index contributed by atoms with van der Waals surface area (Å²) >= 11 is 0. The van der Waals surface area contributed by atoms with Crippen molar-refractivity contribution in [3.05, 3.63) is 47.5 Å². The van der Waals surface area contributed by atoms with E-state index in [4.69, 9.17) is 9.47 Å². The highest BCUT2D eigenvalue weighted by atomic mass is 16.5. The number of ether oxygens (including phenoxy) is 2. The first-order valence-electron chi connectivity index (χ1n) is 16.7. The maximum absolute atomic E-state index is 13.5. The van der Waals surface area contributed by atoms with E-state index in [0.29, 0.717) is 17.4 Å². The molecule has 0 saturated heterocycles. The first-order chi connectivity index (χ1) is 19.6. The van der Waals surface area contributed by atoms with Gasteiger partial charge in [-0.25, -0.2) is 4.79 Å². The van der Waals surface area contributed by atoms with E-state index in [0.717, 1.165) is 57.8 Å². The molecule has 6 rings (SSSR count). The molecule has 4 fully saturated rings. The minimum Gasteiger partial charge on any atom is -0.469 e. The van der Waals surface area contributed by atoms with Crippen LogP contribution in [0.1, 0.15) is 123 Å². The second-order valence-corrected chi connectivity index (χ2v) is 17.0. The summed E-state index contributed by atoms with van der Waals surface area (Å²) in [5.74, 6) is 1.18. The zero-order valence-electron chi connectivity index (χ0n) is 27.5. The summed E-state index contributed by atoms with van der Waals surface area (Å²) in [6.45, 7) is 17.3. The highest BCUT2D eigenvalue weighted by Gasteiger charge is 2.69. The Morgan fingerprint density at radius 2 is 1.50 bits per heavy atom. The van der Waals surface area contributed by atoms with Crippen LogP contribution >= 0.6 is 0 Å². The summed E-state index contributed by atoms with van der Waals surface area (Å²) in [7, 11) is 1.59. The second-order valence-electron chi connectivity index (χ2n) is 17.0. The van der Waals surface area contributed by atoms with E-state index in [1.165, 1.54) is 6.42 Å². The lowest BCUT2D eigenvalue weighted by Gasteiger charge is -2.71. The van der Waals surface area contributed by atoms with E-state index in [1.807, 2.05) is 30.3 Å². The fraction of sp³-hybridized carbons (Fsp3) is 0.737. The number of hydrogen-bond donors (Lipinski definition) is 0. The third kappa shape index (κ3) is 4.05. The van der Waals surface area contributed by atoms with Crippen LogP contribution in [-0.4, -0.2) is 25.2 Å². The number of hydrogen-bond acceptors (Lipinski definition) is 4. The highest BCUT2D eigenvalue weighted by molar-refractivity contribution is 5.89. The van der Waals surface area contributed by atoms with Crippen molar-refractivity contribution < 1.29 is 19.1 Å². The number of allylic oxidation sites excluding steroid dienone is 2. The fourth-order valence-corrected chi connectivity index (χ4v) is 11.8. The standard InChI is InChI=1S/C38H54O4/c1-33(2)20-22-38(32(40)41-8)23-21-36(6)26(27(38)24-33)14-15-29-35(5)18-17-30(42-31(39)25-12-10-9-11-13-25)34(3,4)28(35)16-19-37(29,36)7/h9-14,27-30H,15-24H2,1-8H3/t27?,28-,29+,30+,35+,36-,37-,38+/m1/s1. The van der Waals surface area contributed by atoms with Crippen LogP contribution in [0.25, 0.3) is 0 Å². The topological polar surface area (TPSA) is 52.6 Å². The molecule has 5 aliphatic rings. The Kier molecular flexibility index (Phi) is 6.92. The van der Waals surface area contributed by atoms with E-state index in [1.54, 1.807) is 12.7 Å². The van der Waals surface area contributed by atoms with E-state index in [2.05, 4.69) is 54.5 Å². The Balaban J connectivity index is 1.33.